The van der Waals surface area contributed by atoms with Gasteiger partial charge in [-0.2, -0.15) is 0 Å². The van der Waals surface area contributed by atoms with Crippen LogP contribution in [-0.4, -0.2) is 46.7 Å². The quantitative estimate of drug-likeness (QED) is 0.412. The number of carbonyl (C=O) groups excluding carboxylic acids is 3. The molecule has 1 aliphatic heterocycles. The van der Waals surface area contributed by atoms with Crippen molar-refractivity contribution in [3.05, 3.63) is 64.2 Å². The summed E-state index contributed by atoms with van der Waals surface area (Å²) in [5, 5.41) is 11.1. The molecule has 2 aromatic carbocycles. The lowest BCUT2D eigenvalue weighted by Gasteiger charge is -2.27. The summed E-state index contributed by atoms with van der Waals surface area (Å²) >= 11 is 0. The van der Waals surface area contributed by atoms with Crippen molar-refractivity contribution in [3.63, 3.8) is 0 Å². The summed E-state index contributed by atoms with van der Waals surface area (Å²) in [5.74, 6) is -0.762. The zero-order valence-corrected chi connectivity index (χ0v) is 16.2. The molecule has 0 spiro atoms. The number of imide groups is 1. The molecule has 154 valence electrons. The van der Waals surface area contributed by atoms with Gasteiger partial charge in [0, 0.05) is 23.7 Å². The van der Waals surface area contributed by atoms with Gasteiger partial charge in [-0.15, -0.1) is 0 Å². The lowest BCUT2D eigenvalue weighted by atomic mass is 10.1. The van der Waals surface area contributed by atoms with E-state index in [4.69, 9.17) is 4.74 Å². The van der Waals surface area contributed by atoms with E-state index in [-0.39, 0.29) is 23.7 Å². The van der Waals surface area contributed by atoms with E-state index in [1.807, 2.05) is 0 Å². The van der Waals surface area contributed by atoms with Crippen molar-refractivity contribution in [2.75, 3.05) is 12.0 Å². The van der Waals surface area contributed by atoms with Crippen LogP contribution in [0.4, 0.5) is 11.4 Å². The van der Waals surface area contributed by atoms with E-state index >= 15 is 0 Å². The molecule has 1 aliphatic carbocycles. The van der Waals surface area contributed by atoms with Gasteiger partial charge in [-0.3, -0.25) is 24.5 Å². The van der Waals surface area contributed by atoms with Crippen LogP contribution in [0.5, 0.6) is 5.75 Å². The molecule has 0 N–H and O–H groups in total. The van der Waals surface area contributed by atoms with E-state index in [1.54, 1.807) is 24.3 Å². The first-order chi connectivity index (χ1) is 14.4. The van der Waals surface area contributed by atoms with Crippen molar-refractivity contribution < 1.29 is 24.0 Å². The fourth-order valence-corrected chi connectivity index (χ4v) is 3.65. The Labute approximate surface area is 172 Å². The lowest BCUT2D eigenvalue weighted by molar-refractivity contribution is -0.384. The van der Waals surface area contributed by atoms with Crippen LogP contribution >= 0.6 is 0 Å². The van der Waals surface area contributed by atoms with E-state index < -0.39 is 28.7 Å². The zero-order valence-electron chi connectivity index (χ0n) is 16.2. The largest absolute Gasteiger partial charge is 0.497 e. The predicted octanol–water partition coefficient (Wildman–Crippen LogP) is 2.54. The Morgan fingerprint density at radius 2 is 1.87 bits per heavy atom. The van der Waals surface area contributed by atoms with Crippen LogP contribution in [0.25, 0.3) is 0 Å². The molecule has 4 rings (SSSR count). The minimum Gasteiger partial charge on any atom is -0.497 e. The first-order valence-corrected chi connectivity index (χ1v) is 9.48. The Kier molecular flexibility index (Phi) is 4.94. The van der Waals surface area contributed by atoms with E-state index in [0.29, 0.717) is 11.4 Å². The minimum absolute atomic E-state index is 0.123. The molecular weight excluding hydrogens is 390 g/mol. The molecule has 30 heavy (non-hydrogen) atoms. The van der Waals surface area contributed by atoms with E-state index in [1.165, 1.54) is 36.3 Å². The normalized spacial score (nSPS) is 18.4. The molecule has 2 fully saturated rings. The third-order valence-corrected chi connectivity index (χ3v) is 5.27. The maximum atomic E-state index is 13.2. The van der Waals surface area contributed by atoms with E-state index in [9.17, 15) is 24.5 Å². The van der Waals surface area contributed by atoms with Crippen LogP contribution in [-0.2, 0) is 9.59 Å². The van der Waals surface area contributed by atoms with Gasteiger partial charge in [0.15, 0.2) is 0 Å². The number of amides is 3. The number of non-ortho nitro benzene ring substituents is 1. The number of nitrogens with zero attached hydrogens (tertiary/aromatic N) is 3. The molecule has 1 saturated carbocycles. The Morgan fingerprint density at radius 3 is 2.47 bits per heavy atom. The van der Waals surface area contributed by atoms with Crippen LogP contribution in [0.15, 0.2) is 48.5 Å². The van der Waals surface area contributed by atoms with Crippen molar-refractivity contribution in [2.24, 2.45) is 0 Å². The minimum atomic E-state index is -0.932. The number of benzene rings is 2. The van der Waals surface area contributed by atoms with Crippen molar-refractivity contribution in [2.45, 2.75) is 31.3 Å². The molecule has 9 heteroatoms. The summed E-state index contributed by atoms with van der Waals surface area (Å²) in [7, 11) is 1.52. The second kappa shape index (κ2) is 7.58. The van der Waals surface area contributed by atoms with E-state index in [0.717, 1.165) is 17.7 Å². The van der Waals surface area contributed by atoms with Crippen LogP contribution in [0, 0.1) is 10.1 Å². The number of nitro groups is 1. The third-order valence-electron chi connectivity index (χ3n) is 5.27. The Bertz CT molecular complexity index is 1030. The number of ether oxygens (including phenoxy) is 1. The summed E-state index contributed by atoms with van der Waals surface area (Å²) in [5.41, 5.74) is 0.330. The molecule has 0 bridgehead atoms. The number of hydrogen-bond acceptors (Lipinski definition) is 6. The molecule has 1 unspecified atom stereocenters. The molecule has 9 nitrogen and oxygen atoms in total. The standard InChI is InChI=1S/C21H19N3O6/c1-30-17-9-7-15(8-10-17)23-19(25)12-18(21(23)27)22(14-5-6-14)20(26)13-3-2-4-16(11-13)24(28)29/h2-4,7-11,14,18H,5-6,12H2,1H3. The van der Waals surface area contributed by atoms with Gasteiger partial charge in [0.25, 0.3) is 17.5 Å². The molecule has 1 heterocycles. The molecule has 0 radical (unpaired) electrons. The Hall–Kier alpha value is -3.75. The Morgan fingerprint density at radius 1 is 1.17 bits per heavy atom. The number of methoxy groups -OCH3 is 1. The first-order valence-electron chi connectivity index (χ1n) is 9.48. The number of anilines is 1. The molecular formula is C21H19N3O6. The number of rotatable bonds is 6. The topological polar surface area (TPSA) is 110 Å². The predicted molar refractivity (Wildman–Crippen MR) is 106 cm³/mol. The zero-order chi connectivity index (χ0) is 21.4. The third kappa shape index (κ3) is 3.49. The Balaban J connectivity index is 1.62. The maximum Gasteiger partial charge on any atom is 0.270 e. The van der Waals surface area contributed by atoms with Gasteiger partial charge >= 0.3 is 0 Å². The fraction of sp³-hybridized carbons (Fsp3) is 0.286. The van der Waals surface area contributed by atoms with Crippen molar-refractivity contribution in [1.82, 2.24) is 4.90 Å². The first kappa shape index (κ1) is 19.6. The smallest absolute Gasteiger partial charge is 0.270 e. The van der Waals surface area contributed by atoms with Gasteiger partial charge in [-0.1, -0.05) is 6.07 Å². The second-order valence-electron chi connectivity index (χ2n) is 7.24. The second-order valence-corrected chi connectivity index (χ2v) is 7.24. The molecule has 2 aliphatic rings. The summed E-state index contributed by atoms with van der Waals surface area (Å²) in [6.07, 6.45) is 1.32. The van der Waals surface area contributed by atoms with Gasteiger partial charge in [-0.05, 0) is 43.2 Å². The molecule has 2 aromatic rings. The average molecular weight is 409 g/mol. The van der Waals surface area contributed by atoms with Crippen molar-refractivity contribution in [3.8, 4) is 5.75 Å². The van der Waals surface area contributed by atoms with Crippen LogP contribution in [0.2, 0.25) is 0 Å². The summed E-state index contributed by atoms with van der Waals surface area (Å²) < 4.78 is 5.10. The molecule has 1 atom stereocenters. The highest BCUT2D eigenvalue weighted by molar-refractivity contribution is 6.23. The van der Waals surface area contributed by atoms with Crippen LogP contribution < -0.4 is 9.64 Å². The van der Waals surface area contributed by atoms with Crippen LogP contribution in [0.1, 0.15) is 29.6 Å². The average Bonchev–Trinajstić information content (AvgIpc) is 3.54. The molecule has 0 aromatic heterocycles. The van der Waals surface area contributed by atoms with Gasteiger partial charge < -0.3 is 9.64 Å². The molecule has 1 saturated heterocycles. The highest BCUT2D eigenvalue weighted by atomic mass is 16.6. The van der Waals surface area contributed by atoms with Gasteiger partial charge in [0.05, 0.1) is 24.1 Å². The summed E-state index contributed by atoms with van der Waals surface area (Å²) in [6, 6.07) is 10.8. The summed E-state index contributed by atoms with van der Waals surface area (Å²) in [6.45, 7) is 0. The number of nitro benzene ring substituents is 1. The number of hydrogen-bond donors (Lipinski definition) is 0. The van der Waals surface area contributed by atoms with Gasteiger partial charge in [0.1, 0.15) is 11.8 Å². The summed E-state index contributed by atoms with van der Waals surface area (Å²) in [4.78, 5) is 51.9. The van der Waals surface area contributed by atoms with E-state index in [2.05, 4.69) is 0 Å². The maximum absolute atomic E-state index is 13.2. The van der Waals surface area contributed by atoms with Crippen LogP contribution in [0.3, 0.4) is 0 Å². The highest BCUT2D eigenvalue weighted by Gasteiger charge is 2.49. The number of carbonyl (C=O) groups is 3. The molecule has 3 amide bonds. The van der Waals surface area contributed by atoms with Gasteiger partial charge in [-0.25, -0.2) is 4.90 Å². The van der Waals surface area contributed by atoms with Gasteiger partial charge in [0.2, 0.25) is 5.91 Å². The van der Waals surface area contributed by atoms with Crippen molar-refractivity contribution >= 4 is 29.1 Å². The fourth-order valence-electron chi connectivity index (χ4n) is 3.65. The monoisotopic (exact) mass is 409 g/mol. The SMILES string of the molecule is COc1ccc(N2C(=O)CC(N(C(=O)c3cccc([N+](=O)[O-])c3)C3CC3)C2=O)cc1. The van der Waals surface area contributed by atoms with Crippen molar-refractivity contribution in [1.29, 1.82) is 0 Å². The highest BCUT2D eigenvalue weighted by Crippen LogP contribution is 2.35. The lowest BCUT2D eigenvalue weighted by Crippen LogP contribution is -2.46.